The van der Waals surface area contributed by atoms with Crippen LogP contribution < -0.4 is 0 Å². The number of aromatic nitrogens is 3. The molecule has 124 heavy (non-hydrogen) atoms. The van der Waals surface area contributed by atoms with Crippen molar-refractivity contribution in [3.8, 4) is 24.3 Å². The second-order valence-corrected chi connectivity index (χ2v) is 35.9. The Morgan fingerprint density at radius 3 is 1.21 bits per heavy atom. The summed E-state index contributed by atoms with van der Waals surface area (Å²) in [6.07, 6.45) is 16.4. The van der Waals surface area contributed by atoms with Gasteiger partial charge >= 0.3 is 11.6 Å². The first-order valence-electron chi connectivity index (χ1n) is 41.2. The van der Waals surface area contributed by atoms with Crippen LogP contribution in [0.25, 0.3) is 4.85 Å². The van der Waals surface area contributed by atoms with Crippen LogP contribution in [0.1, 0.15) is 242 Å². The van der Waals surface area contributed by atoms with E-state index in [1.54, 1.807) is 80.3 Å². The first-order valence-corrected chi connectivity index (χ1v) is 46.1. The van der Waals surface area contributed by atoms with Crippen molar-refractivity contribution >= 4 is 48.5 Å². The van der Waals surface area contributed by atoms with Crippen molar-refractivity contribution in [1.29, 1.82) is 21.0 Å². The number of β-amino-alcohol motifs (C(OH)–C–C–N with tert-alkyl or cyclic N) is 1. The lowest BCUT2D eigenvalue weighted by atomic mass is 10.0. The highest BCUT2D eigenvalue weighted by Crippen LogP contribution is 2.22. The predicted molar refractivity (Wildman–Crippen MR) is 493 cm³/mol. The van der Waals surface area contributed by atoms with Crippen LogP contribution in [-0.4, -0.2) is 164 Å². The molecule has 1 aliphatic heterocycles. The Morgan fingerprint density at radius 1 is 0.468 bits per heavy atom. The molecule has 686 valence electrons. The van der Waals surface area contributed by atoms with E-state index in [1.165, 1.54) is 23.6 Å². The number of aliphatic hydroxyl groups is 1. The number of aryl methyl sites for hydroxylation is 3. The van der Waals surface area contributed by atoms with Crippen LogP contribution in [0.5, 0.6) is 0 Å². The molecule has 1 aliphatic rings. The molecule has 1 saturated heterocycles. The molecule has 0 amide bonds. The number of sulfone groups is 2. The fourth-order valence-corrected chi connectivity index (χ4v) is 11.3. The molecule has 8 rings (SSSR count). The van der Waals surface area contributed by atoms with Crippen molar-refractivity contribution in [2.24, 2.45) is 0 Å². The molecule has 4 heterocycles. The summed E-state index contributed by atoms with van der Waals surface area (Å²) in [5.41, 5.74) is 12.9. The highest BCUT2D eigenvalue weighted by Gasteiger charge is 2.19. The van der Waals surface area contributed by atoms with Crippen molar-refractivity contribution in [2.45, 2.75) is 295 Å². The number of likely N-dealkylation sites (tertiary alicyclic amines) is 1. The lowest BCUT2D eigenvalue weighted by molar-refractivity contribution is 0.0653. The summed E-state index contributed by atoms with van der Waals surface area (Å²) >= 11 is 5.09. The minimum Gasteiger partial charge on any atom is -0.392 e. The van der Waals surface area contributed by atoms with Gasteiger partial charge in [-0.3, -0.25) is 15.0 Å². The van der Waals surface area contributed by atoms with Gasteiger partial charge in [0.25, 0.3) is 0 Å². The van der Waals surface area contributed by atoms with Crippen LogP contribution in [-0.2, 0) is 114 Å². The summed E-state index contributed by atoms with van der Waals surface area (Å²) in [6, 6.07) is 35.2. The Labute approximate surface area is 752 Å². The van der Waals surface area contributed by atoms with Crippen molar-refractivity contribution in [1.82, 2.24) is 19.9 Å². The molecule has 0 radical (unpaired) electrons. The fraction of sp³-hybridized carbons (Fsp3) is 0.537. The molecule has 0 bridgehead atoms. The van der Waals surface area contributed by atoms with Crippen LogP contribution in [0, 0.1) is 72.7 Å². The third-order valence-corrected chi connectivity index (χ3v) is 18.0. The highest BCUT2D eigenvalue weighted by atomic mass is 35.5. The minimum atomic E-state index is -3.18. The Bertz CT molecular complexity index is 4500. The number of hydrogen-bond donors (Lipinski definition) is 1. The number of pyridine rings is 3. The maximum absolute atomic E-state index is 11.4. The lowest BCUT2D eigenvalue weighted by Crippen LogP contribution is -2.24. The lowest BCUT2D eigenvalue weighted by Gasteiger charge is -2.15. The number of ether oxygens (including phenoxy) is 9. The molecule has 3 aromatic heterocycles. The van der Waals surface area contributed by atoms with E-state index in [0.29, 0.717) is 102 Å². The van der Waals surface area contributed by atoms with Crippen molar-refractivity contribution in [3.63, 3.8) is 0 Å². The largest absolute Gasteiger partial charge is 0.392 e. The van der Waals surface area contributed by atoms with E-state index >= 15 is 0 Å². The smallest absolute Gasteiger partial charge is 0.335 e. The monoisotopic (exact) mass is 1790 g/mol. The van der Waals surface area contributed by atoms with E-state index in [9.17, 15) is 21.9 Å². The van der Waals surface area contributed by atoms with Crippen LogP contribution in [0.15, 0.2) is 138 Å². The number of hydrogen-bond acceptors (Lipinski definition) is 24. The van der Waals surface area contributed by atoms with E-state index < -0.39 is 31.2 Å². The SMILES string of the molecule is CC(C)OCCCN1CC[C@@H](O)C1.CC(C)OCc1cc(Cl)cc(C#N)c1.CC(C)OCc1cncc(C#N)c1.CC(C)OCc1cncc(S(C)(=O)=O)c1.CCOC(C)C.COC(C)C.Cc1cc(C#N)cc(COC(C)C)c1.Cc1cc(COC(C)C)cc(S(C)(=O)=O)c1.Cc1cncc(C(C)C)c1.O=S=O.[C-]#[N+]c1cc(C#N)cc(COC(C)C)c1. The molecule has 0 unspecified atom stereocenters. The van der Waals surface area contributed by atoms with Gasteiger partial charge in [-0.15, -0.1) is 0 Å². The quantitative estimate of drug-likeness (QED) is 0.0336. The third kappa shape index (κ3) is 66.8. The predicted octanol–water partition coefficient (Wildman–Crippen LogP) is 19.8. The maximum atomic E-state index is 11.4. The van der Waals surface area contributed by atoms with E-state index in [0.717, 1.165) is 96.5 Å². The molecule has 0 aliphatic carbocycles. The number of rotatable bonds is 29. The average molecular weight is 1800 g/mol. The third-order valence-electron chi connectivity index (χ3n) is 15.6. The first-order chi connectivity index (χ1) is 58.1. The van der Waals surface area contributed by atoms with E-state index in [-0.39, 0.29) is 47.6 Å². The zero-order valence-corrected chi connectivity index (χ0v) is 81.6. The van der Waals surface area contributed by atoms with E-state index in [4.69, 9.17) is 90.3 Å². The Balaban J connectivity index is -0.00000132. The van der Waals surface area contributed by atoms with Gasteiger partial charge in [0, 0.05) is 100 Å². The molecule has 25 nitrogen and oxygen atoms in total. The van der Waals surface area contributed by atoms with Gasteiger partial charge in [-0.05, 0) is 293 Å². The molecule has 7 aromatic rings. The second kappa shape index (κ2) is 69.5. The topological polar surface area (TPSA) is 347 Å². The maximum Gasteiger partial charge on any atom is 0.335 e. The Kier molecular flexibility index (Phi) is 67.0. The zero-order chi connectivity index (χ0) is 95.1. The van der Waals surface area contributed by atoms with Crippen LogP contribution in [0.2, 0.25) is 5.02 Å². The Hall–Kier alpha value is -8.65. The Morgan fingerprint density at radius 2 is 0.839 bits per heavy atom. The number of halogens is 1. The van der Waals surface area contributed by atoms with Crippen molar-refractivity contribution in [3.05, 3.63) is 223 Å². The molecule has 0 spiro atoms. The van der Waals surface area contributed by atoms with Gasteiger partial charge in [-0.25, -0.2) is 21.7 Å². The summed E-state index contributed by atoms with van der Waals surface area (Å²) in [4.78, 5) is 18.1. The molecule has 1 N–H and O–H groups in total. The molecule has 1 atom stereocenters. The highest BCUT2D eigenvalue weighted by molar-refractivity contribution is 7.91. The number of methoxy groups -OCH3 is 1. The number of benzene rings is 4. The fourth-order valence-electron chi connectivity index (χ4n) is 9.62. The molecular formula is C95H140ClN9O16S3. The van der Waals surface area contributed by atoms with E-state index in [1.807, 2.05) is 186 Å². The summed E-state index contributed by atoms with van der Waals surface area (Å²) in [6.45, 7) is 62.4. The summed E-state index contributed by atoms with van der Waals surface area (Å²) in [5, 5.41) is 44.7. The summed E-state index contributed by atoms with van der Waals surface area (Å²) < 4.78 is 110. The summed E-state index contributed by atoms with van der Waals surface area (Å²) in [7, 11) is -4.62. The number of nitriles is 4. The molecule has 29 heteroatoms. The average Bonchev–Trinajstić information content (AvgIpc) is 0.887. The summed E-state index contributed by atoms with van der Waals surface area (Å²) in [5.74, 6) is 0.590. The van der Waals surface area contributed by atoms with Crippen molar-refractivity contribution in [2.75, 3.05) is 52.5 Å². The minimum absolute atomic E-state index is 0.0917. The number of aliphatic hydroxyl groups excluding tert-OH is 1. The normalized spacial score (nSPS) is 11.9. The van der Waals surface area contributed by atoms with Gasteiger partial charge < -0.3 is 52.6 Å². The first kappa shape index (κ1) is 119. The van der Waals surface area contributed by atoms with E-state index in [2.05, 4.69) is 77.5 Å². The zero-order valence-electron chi connectivity index (χ0n) is 78.4. The molecule has 4 aromatic carbocycles. The van der Waals surface area contributed by atoms with Gasteiger partial charge in [0.1, 0.15) is 6.07 Å². The molecule has 1 fully saturated rings. The standard InChI is InChI=1S/C12H12N2O.C12H15NO.C12H18O3S.C11H12ClNO.C10H12N2O.C10H15NO3S.C10H21NO2.C9H13N.C5H12O.C4H10O.O2S/c1-9(2)15-8-11-4-10(7-13)5-12(6-11)14-3;1-9(2)14-8-12-5-10(3)4-11(6-12)7-13;1-9(2)15-8-11-5-10(3)6-12(7-11)16(4,13)14;1-8(2)14-7-10-3-9(6-13)4-11(12)5-10;1-8(2)13-7-10-3-9(4-11)5-12-6-10;1-8(2)14-7-9-4-10(6-11-5-9)15(3,12)13;1-9(2)13-7-3-5-11-6-4-10(12)8-11;1-7(2)9-4-8(3)5-10-6-9;1-4-6-5(2)3;1-4(2)5-3;1-3-2/h4-6,9H,8H2,1-2H3;4-6,9H,8H2,1-3H3;5-7,9H,8H2,1-4H3;3-5,8H,7H2,1-2H3;3,5-6,8H,7H2,1-2H3;4-6,8H,7H2,1-3H3;9-10,12H,3-8H2,1-2H3;4-7H,1-3H3;5H,4H2,1-3H3;4H,1-3H3;/t;;;;;;10-;;;;/m......1..../s1. The van der Waals surface area contributed by atoms with Gasteiger partial charge in [-0.2, -0.15) is 29.5 Å². The van der Waals surface area contributed by atoms with Crippen LogP contribution in [0.4, 0.5) is 5.69 Å². The second-order valence-electron chi connectivity index (χ2n) is 31.3. The van der Waals surface area contributed by atoms with Gasteiger partial charge in [0.15, 0.2) is 25.4 Å². The van der Waals surface area contributed by atoms with Gasteiger partial charge in [0.05, 0.1) is 152 Å². The van der Waals surface area contributed by atoms with Crippen LogP contribution in [0.3, 0.4) is 0 Å². The van der Waals surface area contributed by atoms with Crippen LogP contribution >= 0.6 is 11.6 Å². The van der Waals surface area contributed by atoms with Gasteiger partial charge in [-0.1, -0.05) is 49.7 Å². The number of nitrogens with zero attached hydrogens (tertiary/aromatic N) is 9. The molecule has 0 saturated carbocycles. The van der Waals surface area contributed by atoms with Gasteiger partial charge in [0.2, 0.25) is 0 Å². The van der Waals surface area contributed by atoms with Crippen molar-refractivity contribution < 1.29 is 73.0 Å². The molecular weight excluding hydrogens is 1650 g/mol.